The molecular formula is C24H18ClNO5. The molecule has 0 saturated carbocycles. The van der Waals surface area contributed by atoms with Crippen LogP contribution in [0.2, 0.25) is 5.02 Å². The number of methoxy groups -OCH3 is 1. The summed E-state index contributed by atoms with van der Waals surface area (Å²) in [6.45, 7) is -0.278. The number of ether oxygens (including phenoxy) is 2. The van der Waals surface area contributed by atoms with Gasteiger partial charge >= 0.3 is 0 Å². The van der Waals surface area contributed by atoms with Crippen molar-refractivity contribution in [2.75, 3.05) is 19.0 Å². The van der Waals surface area contributed by atoms with E-state index in [1.807, 2.05) is 0 Å². The number of hydrogen-bond donors (Lipinski definition) is 1. The highest BCUT2D eigenvalue weighted by atomic mass is 35.5. The van der Waals surface area contributed by atoms with Crippen LogP contribution < -0.4 is 14.8 Å². The molecule has 6 nitrogen and oxygen atoms in total. The van der Waals surface area contributed by atoms with Gasteiger partial charge in [-0.15, -0.1) is 0 Å². The van der Waals surface area contributed by atoms with Crippen molar-refractivity contribution in [1.82, 2.24) is 0 Å². The lowest BCUT2D eigenvalue weighted by molar-refractivity contribution is -0.118. The molecule has 4 aromatic rings. The van der Waals surface area contributed by atoms with Gasteiger partial charge in [-0.25, -0.2) is 0 Å². The van der Waals surface area contributed by atoms with Crippen molar-refractivity contribution in [2.24, 2.45) is 0 Å². The molecule has 1 aromatic heterocycles. The molecule has 0 fully saturated rings. The van der Waals surface area contributed by atoms with Crippen molar-refractivity contribution in [3.05, 3.63) is 89.1 Å². The smallest absolute Gasteiger partial charge is 0.262 e. The Balaban J connectivity index is 1.61. The number of para-hydroxylation sites is 2. The van der Waals surface area contributed by atoms with E-state index in [4.69, 9.17) is 25.5 Å². The highest BCUT2D eigenvalue weighted by Gasteiger charge is 2.23. The number of anilines is 1. The van der Waals surface area contributed by atoms with Crippen LogP contribution >= 0.6 is 11.6 Å². The van der Waals surface area contributed by atoms with Gasteiger partial charge in [-0.3, -0.25) is 9.59 Å². The molecule has 0 aliphatic heterocycles. The minimum absolute atomic E-state index is 0.0393. The zero-order valence-corrected chi connectivity index (χ0v) is 17.3. The second-order valence-electron chi connectivity index (χ2n) is 6.63. The number of carbonyl (C=O) groups excluding carboxylic acids is 2. The number of rotatable bonds is 7. The summed E-state index contributed by atoms with van der Waals surface area (Å²) in [5.74, 6) is 0.256. The van der Waals surface area contributed by atoms with Crippen LogP contribution in [0.25, 0.3) is 11.0 Å². The fraction of sp³-hybridized carbons (Fsp3) is 0.0833. The van der Waals surface area contributed by atoms with Crippen molar-refractivity contribution in [1.29, 1.82) is 0 Å². The number of nitrogens with one attached hydrogen (secondary N) is 1. The van der Waals surface area contributed by atoms with Crippen LogP contribution in [0.15, 0.2) is 77.2 Å². The molecule has 0 spiro atoms. The lowest BCUT2D eigenvalue weighted by Crippen LogP contribution is -2.21. The number of fused-ring (bicyclic) bond motifs is 1. The molecule has 0 atom stereocenters. The summed E-state index contributed by atoms with van der Waals surface area (Å²) in [4.78, 5) is 25.7. The average Bonchev–Trinajstić information content (AvgIpc) is 3.16. The molecule has 1 N–H and O–H groups in total. The molecule has 156 valence electrons. The van der Waals surface area contributed by atoms with E-state index < -0.39 is 5.91 Å². The minimum atomic E-state index is -0.449. The highest BCUT2D eigenvalue weighted by molar-refractivity contribution is 6.32. The number of ketones is 1. The van der Waals surface area contributed by atoms with Gasteiger partial charge in [-0.2, -0.15) is 0 Å². The Morgan fingerprint density at radius 2 is 1.68 bits per heavy atom. The van der Waals surface area contributed by atoms with E-state index in [0.29, 0.717) is 38.7 Å². The summed E-state index contributed by atoms with van der Waals surface area (Å²) in [6, 6.07) is 20.6. The first-order valence-corrected chi connectivity index (χ1v) is 9.82. The van der Waals surface area contributed by atoms with E-state index in [0.717, 1.165) is 0 Å². The van der Waals surface area contributed by atoms with E-state index in [9.17, 15) is 9.59 Å². The third kappa shape index (κ3) is 4.39. The average molecular weight is 436 g/mol. The second kappa shape index (κ2) is 8.93. The SMILES string of the molecule is COc1ccc(C(=O)c2oc3ccccc3c2NC(=O)COc2ccccc2Cl)cc1. The maximum absolute atomic E-state index is 13.1. The molecule has 0 saturated heterocycles. The first-order valence-electron chi connectivity index (χ1n) is 9.44. The van der Waals surface area contributed by atoms with Crippen LogP contribution in [0.1, 0.15) is 16.1 Å². The summed E-state index contributed by atoms with van der Waals surface area (Å²) in [7, 11) is 1.55. The van der Waals surface area contributed by atoms with Gasteiger partial charge in [-0.1, -0.05) is 35.9 Å². The van der Waals surface area contributed by atoms with Crippen LogP contribution in [0.4, 0.5) is 5.69 Å². The van der Waals surface area contributed by atoms with E-state index in [1.165, 1.54) is 0 Å². The molecule has 4 rings (SSSR count). The summed E-state index contributed by atoms with van der Waals surface area (Å²) >= 11 is 6.06. The Kier molecular flexibility index (Phi) is 5.91. The summed E-state index contributed by atoms with van der Waals surface area (Å²) in [5, 5.41) is 3.77. The Bertz CT molecular complexity index is 1250. The third-order valence-electron chi connectivity index (χ3n) is 4.61. The van der Waals surface area contributed by atoms with E-state index in [-0.39, 0.29) is 18.2 Å². The van der Waals surface area contributed by atoms with Crippen molar-refractivity contribution in [3.63, 3.8) is 0 Å². The molecule has 3 aromatic carbocycles. The Labute approximate surface area is 183 Å². The van der Waals surface area contributed by atoms with E-state index >= 15 is 0 Å². The molecule has 0 aliphatic rings. The van der Waals surface area contributed by atoms with E-state index in [1.54, 1.807) is 79.9 Å². The van der Waals surface area contributed by atoms with Crippen molar-refractivity contribution < 1.29 is 23.5 Å². The first kappa shape index (κ1) is 20.5. The van der Waals surface area contributed by atoms with Crippen molar-refractivity contribution in [3.8, 4) is 11.5 Å². The number of amides is 1. The molecule has 1 amide bonds. The van der Waals surface area contributed by atoms with Crippen molar-refractivity contribution >= 4 is 39.9 Å². The predicted molar refractivity (Wildman–Crippen MR) is 118 cm³/mol. The summed E-state index contributed by atoms with van der Waals surface area (Å²) in [5.41, 5.74) is 1.19. The summed E-state index contributed by atoms with van der Waals surface area (Å²) in [6.07, 6.45) is 0. The van der Waals surface area contributed by atoms with Gasteiger partial charge in [0.25, 0.3) is 5.91 Å². The van der Waals surface area contributed by atoms with Crippen molar-refractivity contribution in [2.45, 2.75) is 0 Å². The fourth-order valence-electron chi connectivity index (χ4n) is 3.08. The van der Waals surface area contributed by atoms with Gasteiger partial charge in [0.1, 0.15) is 17.1 Å². The van der Waals surface area contributed by atoms with E-state index in [2.05, 4.69) is 5.32 Å². The second-order valence-corrected chi connectivity index (χ2v) is 7.03. The Morgan fingerprint density at radius 1 is 0.968 bits per heavy atom. The minimum Gasteiger partial charge on any atom is -0.497 e. The number of carbonyl (C=O) groups is 2. The van der Waals surface area contributed by atoms with Gasteiger partial charge in [-0.05, 0) is 48.5 Å². The van der Waals surface area contributed by atoms with Crippen LogP contribution in [0.3, 0.4) is 0 Å². The zero-order chi connectivity index (χ0) is 21.8. The quantitative estimate of drug-likeness (QED) is 0.396. The number of hydrogen-bond acceptors (Lipinski definition) is 5. The standard InChI is InChI=1S/C24H18ClNO5/c1-29-16-12-10-15(11-13-16)23(28)24-22(17-6-2-4-8-19(17)31-24)26-21(27)14-30-20-9-5-3-7-18(20)25/h2-13H,14H2,1H3,(H,26,27). The Hall–Kier alpha value is -3.77. The maximum Gasteiger partial charge on any atom is 0.262 e. The molecular weight excluding hydrogens is 418 g/mol. The molecule has 7 heteroatoms. The number of benzene rings is 3. The molecule has 31 heavy (non-hydrogen) atoms. The Morgan fingerprint density at radius 3 is 2.42 bits per heavy atom. The number of halogens is 1. The largest absolute Gasteiger partial charge is 0.497 e. The van der Waals surface area contributed by atoms with Gasteiger partial charge in [0.15, 0.2) is 12.4 Å². The van der Waals surface area contributed by atoms with Crippen LogP contribution in [-0.4, -0.2) is 25.4 Å². The maximum atomic E-state index is 13.1. The third-order valence-corrected chi connectivity index (χ3v) is 4.93. The van der Waals surface area contributed by atoms with Gasteiger partial charge in [0.05, 0.1) is 17.8 Å². The topological polar surface area (TPSA) is 77.8 Å². The molecule has 0 aliphatic carbocycles. The predicted octanol–water partition coefficient (Wildman–Crippen LogP) is 5.34. The van der Waals surface area contributed by atoms with Crippen LogP contribution in [0, 0.1) is 0 Å². The number of furan rings is 1. The first-order chi connectivity index (χ1) is 15.1. The fourth-order valence-corrected chi connectivity index (χ4v) is 3.27. The lowest BCUT2D eigenvalue weighted by atomic mass is 10.1. The highest BCUT2D eigenvalue weighted by Crippen LogP contribution is 2.33. The normalized spacial score (nSPS) is 10.6. The molecule has 1 heterocycles. The van der Waals surface area contributed by atoms with Gasteiger partial charge in [0, 0.05) is 10.9 Å². The summed E-state index contributed by atoms with van der Waals surface area (Å²) < 4.78 is 16.4. The monoisotopic (exact) mass is 435 g/mol. The molecule has 0 unspecified atom stereocenters. The zero-order valence-electron chi connectivity index (χ0n) is 16.6. The van der Waals surface area contributed by atoms with Gasteiger partial charge in [0.2, 0.25) is 5.78 Å². The lowest BCUT2D eigenvalue weighted by Gasteiger charge is -2.09. The van der Waals surface area contributed by atoms with Crippen LogP contribution in [0.5, 0.6) is 11.5 Å². The van der Waals surface area contributed by atoms with Crippen LogP contribution in [-0.2, 0) is 4.79 Å². The molecule has 0 bridgehead atoms. The molecule has 0 radical (unpaired) electrons. The van der Waals surface area contributed by atoms with Gasteiger partial charge < -0.3 is 19.2 Å².